The van der Waals surface area contributed by atoms with Crippen molar-refractivity contribution < 1.29 is 22.4 Å². The second kappa shape index (κ2) is 6.66. The number of rotatable bonds is 2. The second-order valence-corrected chi connectivity index (χ2v) is 7.98. The van der Waals surface area contributed by atoms with E-state index in [-0.39, 0.29) is 6.54 Å². The third-order valence-electron chi connectivity index (χ3n) is 5.09. The fourth-order valence-corrected chi connectivity index (χ4v) is 4.86. The minimum absolute atomic E-state index is 0.186. The summed E-state index contributed by atoms with van der Waals surface area (Å²) in [6, 6.07) is 5.03. The predicted molar refractivity (Wildman–Crippen MR) is 101 cm³/mol. The van der Waals surface area contributed by atoms with Crippen LogP contribution in [0, 0.1) is 6.92 Å². The van der Waals surface area contributed by atoms with E-state index >= 15 is 0 Å². The Morgan fingerprint density at radius 2 is 2.17 bits per heavy atom. The summed E-state index contributed by atoms with van der Waals surface area (Å²) < 4.78 is 45.6. The van der Waals surface area contributed by atoms with Crippen molar-refractivity contribution in [2.24, 2.45) is 0 Å². The maximum Gasteiger partial charge on any atom is 0.437 e. The predicted octanol–water partition coefficient (Wildman–Crippen LogP) is 4.12. The van der Waals surface area contributed by atoms with E-state index in [1.807, 2.05) is 25.1 Å². The van der Waals surface area contributed by atoms with Gasteiger partial charge in [0.2, 0.25) is 5.76 Å². The molecule has 1 N–H and O–H groups in total. The number of carbonyl (C=O) groups excluding carboxylic acids is 1. The molecule has 5 rings (SSSR count). The number of aryl methyl sites for hydroxylation is 1. The number of alkyl halides is 3. The van der Waals surface area contributed by atoms with Crippen LogP contribution in [0.2, 0.25) is 0 Å². The Morgan fingerprint density at radius 3 is 2.93 bits per heavy atom. The van der Waals surface area contributed by atoms with Crippen LogP contribution < -0.4 is 0 Å². The molecular formula is C19H14F3N5O2S. The molecule has 0 fully saturated rings. The first-order chi connectivity index (χ1) is 14.3. The number of hydrogen-bond acceptors (Lipinski definition) is 6. The molecule has 11 heteroatoms. The number of H-pyrrole nitrogens is 1. The molecule has 0 unspecified atom stereocenters. The number of carbonyl (C=O) groups is 1. The van der Waals surface area contributed by atoms with Gasteiger partial charge in [-0.25, -0.2) is 15.0 Å². The molecule has 3 aromatic heterocycles. The first-order valence-corrected chi connectivity index (χ1v) is 9.86. The molecular weight excluding hydrogens is 419 g/mol. The number of amides is 1. The van der Waals surface area contributed by atoms with E-state index in [0.717, 1.165) is 21.5 Å². The summed E-state index contributed by atoms with van der Waals surface area (Å²) >= 11 is 1.39. The molecule has 0 radical (unpaired) electrons. The number of aromatic nitrogens is 4. The van der Waals surface area contributed by atoms with Crippen molar-refractivity contribution >= 4 is 27.5 Å². The van der Waals surface area contributed by atoms with Gasteiger partial charge in [0, 0.05) is 18.7 Å². The fourth-order valence-electron chi connectivity index (χ4n) is 3.70. The average molecular weight is 433 g/mol. The van der Waals surface area contributed by atoms with Crippen molar-refractivity contribution in [2.75, 3.05) is 6.54 Å². The smallest absolute Gasteiger partial charge is 0.437 e. The van der Waals surface area contributed by atoms with Gasteiger partial charge in [0.05, 0.1) is 22.2 Å². The summed E-state index contributed by atoms with van der Waals surface area (Å²) in [7, 11) is 0. The second-order valence-electron chi connectivity index (χ2n) is 6.92. The number of hydrogen-bond donors (Lipinski definition) is 1. The number of imidazole rings is 1. The number of oxazole rings is 1. The quantitative estimate of drug-likeness (QED) is 0.514. The number of thiazole rings is 1. The molecule has 1 aliphatic heterocycles. The Morgan fingerprint density at radius 1 is 1.33 bits per heavy atom. The fraction of sp³-hybridized carbons (Fsp3) is 0.263. The minimum Gasteiger partial charge on any atom is -0.438 e. The van der Waals surface area contributed by atoms with Gasteiger partial charge in [-0.05, 0) is 18.6 Å². The van der Waals surface area contributed by atoms with Gasteiger partial charge < -0.3 is 14.3 Å². The molecule has 1 atom stereocenters. The zero-order valence-corrected chi connectivity index (χ0v) is 16.3. The average Bonchev–Trinajstić information content (AvgIpc) is 3.44. The highest BCUT2D eigenvalue weighted by molar-refractivity contribution is 7.18. The van der Waals surface area contributed by atoms with E-state index < -0.39 is 29.6 Å². The number of fused-ring (bicyclic) bond motifs is 2. The van der Waals surface area contributed by atoms with Gasteiger partial charge in [0.1, 0.15) is 11.0 Å². The van der Waals surface area contributed by atoms with E-state index in [9.17, 15) is 18.0 Å². The molecule has 0 saturated carbocycles. The van der Waals surface area contributed by atoms with Gasteiger partial charge in [-0.1, -0.05) is 12.1 Å². The van der Waals surface area contributed by atoms with E-state index in [1.54, 1.807) is 0 Å². The lowest BCUT2D eigenvalue weighted by Crippen LogP contribution is -2.41. The molecule has 30 heavy (non-hydrogen) atoms. The first kappa shape index (κ1) is 18.8. The zero-order chi connectivity index (χ0) is 21.0. The molecule has 0 aliphatic carbocycles. The van der Waals surface area contributed by atoms with Crippen molar-refractivity contribution in [2.45, 2.75) is 25.6 Å². The summed E-state index contributed by atoms with van der Waals surface area (Å²) in [6.45, 7) is 2.12. The molecule has 4 heterocycles. The Labute approximate surface area is 171 Å². The van der Waals surface area contributed by atoms with Gasteiger partial charge in [0.15, 0.2) is 12.1 Å². The van der Waals surface area contributed by atoms with Gasteiger partial charge in [-0.2, -0.15) is 13.2 Å². The third-order valence-corrected chi connectivity index (χ3v) is 6.16. The van der Waals surface area contributed by atoms with E-state index in [0.29, 0.717) is 23.5 Å². The Balaban J connectivity index is 1.63. The normalized spacial score (nSPS) is 16.8. The number of nitrogens with one attached hydrogen (secondary N) is 1. The third kappa shape index (κ3) is 2.88. The van der Waals surface area contributed by atoms with Crippen LogP contribution in [-0.4, -0.2) is 37.3 Å². The highest BCUT2D eigenvalue weighted by Crippen LogP contribution is 2.40. The highest BCUT2D eigenvalue weighted by Gasteiger charge is 2.44. The van der Waals surface area contributed by atoms with Crippen LogP contribution in [-0.2, 0) is 12.6 Å². The molecule has 1 aliphatic rings. The lowest BCUT2D eigenvalue weighted by molar-refractivity contribution is -0.141. The summed E-state index contributed by atoms with van der Waals surface area (Å²) in [4.78, 5) is 29.8. The van der Waals surface area contributed by atoms with Crippen molar-refractivity contribution in [1.29, 1.82) is 0 Å². The lowest BCUT2D eigenvalue weighted by atomic mass is 10.0. The summed E-state index contributed by atoms with van der Waals surface area (Å²) in [5.41, 5.74) is 1.83. The van der Waals surface area contributed by atoms with E-state index in [1.165, 1.54) is 22.6 Å². The lowest BCUT2D eigenvalue weighted by Gasteiger charge is -2.33. The van der Waals surface area contributed by atoms with Crippen LogP contribution in [0.5, 0.6) is 0 Å². The van der Waals surface area contributed by atoms with Crippen LogP contribution in [0.15, 0.2) is 35.3 Å². The van der Waals surface area contributed by atoms with Crippen molar-refractivity contribution in [3.63, 3.8) is 0 Å². The maximum atomic E-state index is 13.3. The Hall–Kier alpha value is -3.21. The Kier molecular flexibility index (Phi) is 4.17. The van der Waals surface area contributed by atoms with Gasteiger partial charge >= 0.3 is 6.18 Å². The van der Waals surface area contributed by atoms with Gasteiger partial charge in [-0.3, -0.25) is 4.79 Å². The van der Waals surface area contributed by atoms with E-state index in [2.05, 4.69) is 15.0 Å². The molecule has 0 bridgehead atoms. The zero-order valence-electron chi connectivity index (χ0n) is 15.5. The van der Waals surface area contributed by atoms with Crippen LogP contribution in [0.25, 0.3) is 10.2 Å². The summed E-state index contributed by atoms with van der Waals surface area (Å²) in [5.74, 6) is -1.72. The number of benzene rings is 1. The SMILES string of the molecule is Cc1cccc2sc([C@@H]3c4nc[nH]c4CCN3C(=O)c3ocnc3C(F)(F)F)nc12. The van der Waals surface area contributed by atoms with Crippen LogP contribution >= 0.6 is 11.3 Å². The maximum absolute atomic E-state index is 13.3. The van der Waals surface area contributed by atoms with Crippen LogP contribution in [0.4, 0.5) is 13.2 Å². The molecule has 154 valence electrons. The van der Waals surface area contributed by atoms with Crippen molar-refractivity contribution in [1.82, 2.24) is 24.8 Å². The molecule has 1 amide bonds. The first-order valence-electron chi connectivity index (χ1n) is 9.04. The van der Waals surface area contributed by atoms with Gasteiger partial charge in [-0.15, -0.1) is 11.3 Å². The van der Waals surface area contributed by atoms with E-state index in [4.69, 9.17) is 9.40 Å². The minimum atomic E-state index is -4.80. The number of aromatic amines is 1. The standard InChI is InChI=1S/C19H14F3N5O2S/c1-9-3-2-4-11-12(9)26-17(30-11)14-13-10(23-7-24-13)5-6-27(14)18(28)15-16(19(20,21)22)25-8-29-15/h2-4,7-8,14H,5-6H2,1H3,(H,23,24)/t14-/m0/s1. The number of halogens is 3. The number of nitrogens with zero attached hydrogens (tertiary/aromatic N) is 4. The van der Waals surface area contributed by atoms with Crippen LogP contribution in [0.1, 0.15) is 44.2 Å². The largest absolute Gasteiger partial charge is 0.438 e. The number of para-hydroxylation sites is 1. The molecule has 4 aromatic rings. The van der Waals surface area contributed by atoms with Crippen molar-refractivity contribution in [3.8, 4) is 0 Å². The molecule has 0 saturated heterocycles. The molecule has 1 aromatic carbocycles. The Bertz CT molecular complexity index is 1260. The summed E-state index contributed by atoms with van der Waals surface area (Å²) in [6.07, 6.45) is -2.22. The molecule has 0 spiro atoms. The topological polar surface area (TPSA) is 87.9 Å². The monoisotopic (exact) mass is 433 g/mol. The molecule has 7 nitrogen and oxygen atoms in total. The van der Waals surface area contributed by atoms with Gasteiger partial charge in [0.25, 0.3) is 5.91 Å². The van der Waals surface area contributed by atoms with Crippen molar-refractivity contribution in [3.05, 3.63) is 64.3 Å². The highest BCUT2D eigenvalue weighted by atomic mass is 32.1. The van der Waals surface area contributed by atoms with Crippen LogP contribution in [0.3, 0.4) is 0 Å². The summed E-state index contributed by atoms with van der Waals surface area (Å²) in [5, 5.41) is 0.578.